The summed E-state index contributed by atoms with van der Waals surface area (Å²) < 4.78 is 7.08. The number of rotatable bonds is 8. The minimum absolute atomic E-state index is 0.354. The number of hydrogen-bond acceptors (Lipinski definition) is 7. The van der Waals surface area contributed by atoms with Crippen molar-refractivity contribution in [3.63, 3.8) is 0 Å². The van der Waals surface area contributed by atoms with E-state index in [4.69, 9.17) is 9.72 Å². The van der Waals surface area contributed by atoms with Crippen LogP contribution in [0.2, 0.25) is 0 Å². The molecule has 9 heteroatoms. The second-order valence-electron chi connectivity index (χ2n) is 8.18. The van der Waals surface area contributed by atoms with Gasteiger partial charge in [-0.2, -0.15) is 14.7 Å². The molecule has 5 rings (SSSR count). The number of methoxy groups -OCH3 is 1. The van der Waals surface area contributed by atoms with Gasteiger partial charge in [-0.25, -0.2) is 4.98 Å². The Hall–Kier alpha value is -4.14. The smallest absolute Gasteiger partial charge is 0.336 e. The van der Waals surface area contributed by atoms with Gasteiger partial charge in [0.05, 0.1) is 7.11 Å². The molecule has 5 aromatic rings. The quantitative estimate of drug-likeness (QED) is 0.374. The highest BCUT2D eigenvalue weighted by Crippen LogP contribution is 2.30. The molecule has 0 saturated carbocycles. The van der Waals surface area contributed by atoms with Gasteiger partial charge in [0, 0.05) is 23.2 Å². The van der Waals surface area contributed by atoms with E-state index in [0.717, 1.165) is 58.7 Å². The maximum absolute atomic E-state index is 5.30. The van der Waals surface area contributed by atoms with Crippen LogP contribution in [0.5, 0.6) is 6.01 Å². The summed E-state index contributed by atoms with van der Waals surface area (Å²) in [7, 11) is 1.58. The van der Waals surface area contributed by atoms with Crippen molar-refractivity contribution < 1.29 is 4.74 Å². The average Bonchev–Trinajstić information content (AvgIpc) is 3.56. The zero-order valence-corrected chi connectivity index (χ0v) is 19.5. The van der Waals surface area contributed by atoms with Gasteiger partial charge in [0.15, 0.2) is 5.65 Å². The number of H-pyrrole nitrogens is 1. The number of fused-ring (bicyclic) bond motifs is 1. The first kappa shape index (κ1) is 21.7. The van der Waals surface area contributed by atoms with Gasteiger partial charge in [-0.05, 0) is 41.7 Å². The van der Waals surface area contributed by atoms with E-state index < -0.39 is 0 Å². The third-order valence-corrected chi connectivity index (χ3v) is 5.92. The molecule has 0 aliphatic rings. The monoisotopic (exact) mass is 454 g/mol. The number of nitrogens with zero attached hydrogens (tertiary/aromatic N) is 7. The summed E-state index contributed by atoms with van der Waals surface area (Å²) in [5.41, 5.74) is 7.23. The summed E-state index contributed by atoms with van der Waals surface area (Å²) in [6.45, 7) is 4.15. The normalized spacial score (nSPS) is 11.3. The van der Waals surface area contributed by atoms with E-state index in [1.54, 1.807) is 11.6 Å². The molecule has 0 bridgehead atoms. The summed E-state index contributed by atoms with van der Waals surface area (Å²) in [5.74, 6) is 1.39. The minimum Gasteiger partial charge on any atom is -0.466 e. The van der Waals surface area contributed by atoms with Crippen molar-refractivity contribution in [2.45, 2.75) is 39.5 Å². The van der Waals surface area contributed by atoms with Crippen LogP contribution in [0.4, 0.5) is 0 Å². The van der Waals surface area contributed by atoms with Gasteiger partial charge in [-0.15, -0.1) is 15.3 Å². The molecule has 0 spiro atoms. The van der Waals surface area contributed by atoms with Crippen LogP contribution >= 0.6 is 0 Å². The lowest BCUT2D eigenvalue weighted by Gasteiger charge is -2.12. The van der Waals surface area contributed by atoms with Crippen LogP contribution in [-0.2, 0) is 12.8 Å². The molecule has 1 N–H and O–H groups in total. The Morgan fingerprint density at radius 1 is 1.00 bits per heavy atom. The molecule has 0 amide bonds. The van der Waals surface area contributed by atoms with E-state index >= 15 is 0 Å². The van der Waals surface area contributed by atoms with Gasteiger partial charge >= 0.3 is 6.01 Å². The van der Waals surface area contributed by atoms with Gasteiger partial charge in [0.25, 0.3) is 0 Å². The van der Waals surface area contributed by atoms with Crippen molar-refractivity contribution in [2.24, 2.45) is 0 Å². The van der Waals surface area contributed by atoms with E-state index in [1.165, 1.54) is 5.56 Å². The number of aromatic amines is 1. The fourth-order valence-corrected chi connectivity index (χ4v) is 4.18. The first-order valence-corrected chi connectivity index (χ1v) is 11.4. The molecule has 0 saturated heterocycles. The second-order valence-corrected chi connectivity index (χ2v) is 8.18. The molecule has 34 heavy (non-hydrogen) atoms. The van der Waals surface area contributed by atoms with Crippen LogP contribution < -0.4 is 4.74 Å². The Morgan fingerprint density at radius 2 is 1.79 bits per heavy atom. The molecule has 0 aliphatic heterocycles. The van der Waals surface area contributed by atoms with Gasteiger partial charge in [-0.3, -0.25) is 0 Å². The van der Waals surface area contributed by atoms with Crippen LogP contribution in [0.25, 0.3) is 28.2 Å². The molecule has 9 nitrogen and oxygen atoms in total. The summed E-state index contributed by atoms with van der Waals surface area (Å²) in [6, 6.07) is 17.0. The topological polar surface area (TPSA) is 107 Å². The molecule has 3 heterocycles. The number of nitrogens with one attached hydrogen (secondary N) is 1. The lowest BCUT2D eigenvalue weighted by molar-refractivity contribution is 0.380. The Balaban J connectivity index is 1.51. The molecule has 0 radical (unpaired) electrons. The number of ether oxygens (including phenoxy) is 1. The molecule has 172 valence electrons. The number of aryl methyl sites for hydroxylation is 2. The van der Waals surface area contributed by atoms with E-state index in [9.17, 15) is 0 Å². The maximum atomic E-state index is 5.30. The average molecular weight is 455 g/mol. The number of tetrazole rings is 1. The van der Waals surface area contributed by atoms with E-state index in [2.05, 4.69) is 68.0 Å². The first-order chi connectivity index (χ1) is 16.7. The van der Waals surface area contributed by atoms with Gasteiger partial charge in [0.1, 0.15) is 5.82 Å². The standard InChI is InChI=1S/C25H26N8O/c1-4-5-10-22-21(24-27-25(34-3)30-33(24)16(2)26-22)15-17-11-13-18(14-12-17)19-8-6-7-9-20(19)23-28-31-32-29-23/h6-9,11-14H,4-5,10,15H2,1-3H3,(H,28,29,31,32). The molecule has 2 aromatic carbocycles. The highest BCUT2D eigenvalue weighted by Gasteiger charge is 2.17. The van der Waals surface area contributed by atoms with Gasteiger partial charge in [-0.1, -0.05) is 61.9 Å². The predicted octanol–water partition coefficient (Wildman–Crippen LogP) is 4.22. The lowest BCUT2D eigenvalue weighted by Crippen LogP contribution is -2.08. The van der Waals surface area contributed by atoms with Crippen molar-refractivity contribution in [3.05, 3.63) is 71.2 Å². The van der Waals surface area contributed by atoms with Crippen LogP contribution in [-0.4, -0.2) is 47.3 Å². The lowest BCUT2D eigenvalue weighted by atomic mass is 9.96. The Morgan fingerprint density at radius 3 is 2.50 bits per heavy atom. The van der Waals surface area contributed by atoms with Gasteiger partial charge < -0.3 is 4.74 Å². The van der Waals surface area contributed by atoms with Crippen LogP contribution in [0, 0.1) is 6.92 Å². The highest BCUT2D eigenvalue weighted by molar-refractivity contribution is 5.80. The van der Waals surface area contributed by atoms with Crippen molar-refractivity contribution in [1.82, 2.24) is 40.2 Å². The highest BCUT2D eigenvalue weighted by atomic mass is 16.5. The third kappa shape index (κ3) is 4.12. The van der Waals surface area contributed by atoms with Gasteiger partial charge in [0.2, 0.25) is 5.82 Å². The SMILES string of the molecule is CCCCc1nc(C)n2nc(OC)nc2c1Cc1ccc(-c2ccccc2-c2nn[nH]n2)cc1. The van der Waals surface area contributed by atoms with Crippen molar-refractivity contribution in [1.29, 1.82) is 0 Å². The number of aromatic nitrogens is 8. The predicted molar refractivity (Wildman–Crippen MR) is 129 cm³/mol. The van der Waals surface area contributed by atoms with Crippen LogP contribution in [0.1, 0.15) is 42.4 Å². The van der Waals surface area contributed by atoms with E-state index in [0.29, 0.717) is 18.3 Å². The fourth-order valence-electron chi connectivity index (χ4n) is 4.18. The van der Waals surface area contributed by atoms with Crippen molar-refractivity contribution >= 4 is 5.65 Å². The molecule has 0 atom stereocenters. The molecule has 3 aromatic heterocycles. The first-order valence-electron chi connectivity index (χ1n) is 11.4. The summed E-state index contributed by atoms with van der Waals surface area (Å²) in [6.07, 6.45) is 3.81. The van der Waals surface area contributed by atoms with E-state index in [-0.39, 0.29) is 0 Å². The van der Waals surface area contributed by atoms with Crippen LogP contribution in [0.3, 0.4) is 0 Å². The Bertz CT molecular complexity index is 1410. The Labute approximate surface area is 197 Å². The summed E-state index contributed by atoms with van der Waals surface area (Å²) in [5, 5.41) is 19.0. The van der Waals surface area contributed by atoms with E-state index in [1.807, 2.05) is 25.1 Å². The molecular weight excluding hydrogens is 428 g/mol. The third-order valence-electron chi connectivity index (χ3n) is 5.92. The largest absolute Gasteiger partial charge is 0.466 e. The molecular formula is C25H26N8O. The zero-order valence-electron chi connectivity index (χ0n) is 19.5. The minimum atomic E-state index is 0.354. The Kier molecular flexibility index (Phi) is 5.99. The van der Waals surface area contributed by atoms with Crippen LogP contribution in [0.15, 0.2) is 48.5 Å². The maximum Gasteiger partial charge on any atom is 0.336 e. The zero-order chi connectivity index (χ0) is 23.5. The second kappa shape index (κ2) is 9.38. The molecule has 0 fully saturated rings. The van der Waals surface area contributed by atoms with Crippen molar-refractivity contribution in [2.75, 3.05) is 7.11 Å². The number of hydrogen-bond donors (Lipinski definition) is 1. The van der Waals surface area contributed by atoms with Crippen molar-refractivity contribution in [3.8, 4) is 28.5 Å². The summed E-state index contributed by atoms with van der Waals surface area (Å²) in [4.78, 5) is 9.50. The number of benzene rings is 2. The molecule has 0 unspecified atom stereocenters. The molecule has 0 aliphatic carbocycles. The summed E-state index contributed by atoms with van der Waals surface area (Å²) >= 11 is 0. The number of unbranched alkanes of at least 4 members (excludes halogenated alkanes) is 1. The fraction of sp³-hybridized carbons (Fsp3) is 0.280.